The maximum absolute atomic E-state index is 12.2. The van der Waals surface area contributed by atoms with E-state index in [0.29, 0.717) is 12.2 Å². The summed E-state index contributed by atoms with van der Waals surface area (Å²) >= 11 is 0. The van der Waals surface area contributed by atoms with Gasteiger partial charge in [0.15, 0.2) is 16.4 Å². The van der Waals surface area contributed by atoms with E-state index < -0.39 is 9.84 Å². The quantitative estimate of drug-likeness (QED) is 0.857. The largest absolute Gasteiger partial charge is 0.484 e. The van der Waals surface area contributed by atoms with Crippen LogP contribution in [-0.2, 0) is 14.6 Å². The number of hydrogen-bond acceptors (Lipinski definition) is 4. The van der Waals surface area contributed by atoms with Crippen LogP contribution in [0, 0.1) is 0 Å². The van der Waals surface area contributed by atoms with Gasteiger partial charge in [0.05, 0.1) is 11.5 Å². The van der Waals surface area contributed by atoms with Crippen LogP contribution in [0.15, 0.2) is 42.5 Å². The number of hydrogen-bond donors (Lipinski definition) is 0. The Morgan fingerprint density at radius 3 is 2.65 bits per heavy atom. The maximum Gasteiger partial charge on any atom is 0.260 e. The molecule has 0 unspecified atom stereocenters. The lowest BCUT2D eigenvalue weighted by Gasteiger charge is -2.23. The Hall–Kier alpha value is -2.08. The number of sulfone groups is 1. The van der Waals surface area contributed by atoms with E-state index in [0.717, 1.165) is 10.8 Å². The van der Waals surface area contributed by atoms with E-state index in [-0.39, 0.29) is 30.1 Å². The highest BCUT2D eigenvalue weighted by Gasteiger charge is 2.32. The molecule has 2 aromatic rings. The molecule has 1 aliphatic rings. The van der Waals surface area contributed by atoms with Crippen molar-refractivity contribution in [1.29, 1.82) is 0 Å². The van der Waals surface area contributed by atoms with Crippen molar-refractivity contribution >= 4 is 26.5 Å². The Labute approximate surface area is 135 Å². The average Bonchev–Trinajstić information content (AvgIpc) is 2.91. The van der Waals surface area contributed by atoms with Gasteiger partial charge in [-0.25, -0.2) is 8.42 Å². The van der Waals surface area contributed by atoms with E-state index in [4.69, 9.17) is 4.74 Å². The van der Waals surface area contributed by atoms with Crippen molar-refractivity contribution in [3.63, 3.8) is 0 Å². The van der Waals surface area contributed by atoms with Gasteiger partial charge in [-0.1, -0.05) is 30.3 Å². The molecular weight excluding hydrogens is 314 g/mol. The standard InChI is InChI=1S/C17H19NO4S/c1-18(15-8-9-23(20,21)12-15)17(19)11-22-16-7-6-13-4-2-3-5-14(13)10-16/h2-7,10,15H,8-9,11-12H2,1H3/t15-/m1/s1. The molecule has 23 heavy (non-hydrogen) atoms. The number of amides is 1. The number of nitrogens with zero attached hydrogens (tertiary/aromatic N) is 1. The van der Waals surface area contributed by atoms with Crippen LogP contribution < -0.4 is 4.74 Å². The molecule has 1 amide bonds. The first-order chi connectivity index (χ1) is 10.9. The lowest BCUT2D eigenvalue weighted by Crippen LogP contribution is -2.40. The summed E-state index contributed by atoms with van der Waals surface area (Å²) in [4.78, 5) is 13.7. The first kappa shape index (κ1) is 15.8. The third-order valence-corrected chi connectivity index (χ3v) is 5.98. The number of rotatable bonds is 4. The van der Waals surface area contributed by atoms with Gasteiger partial charge in [-0.15, -0.1) is 0 Å². The Morgan fingerprint density at radius 1 is 1.22 bits per heavy atom. The van der Waals surface area contributed by atoms with Crippen LogP contribution in [-0.4, -0.2) is 50.4 Å². The fourth-order valence-corrected chi connectivity index (χ4v) is 4.56. The molecule has 122 valence electrons. The summed E-state index contributed by atoms with van der Waals surface area (Å²) in [5.41, 5.74) is 0. The highest BCUT2D eigenvalue weighted by Crippen LogP contribution is 2.21. The van der Waals surface area contributed by atoms with Crippen LogP contribution in [0.1, 0.15) is 6.42 Å². The van der Waals surface area contributed by atoms with E-state index >= 15 is 0 Å². The summed E-state index contributed by atoms with van der Waals surface area (Å²) in [7, 11) is -1.36. The van der Waals surface area contributed by atoms with Crippen molar-refractivity contribution in [2.24, 2.45) is 0 Å². The summed E-state index contributed by atoms with van der Waals surface area (Å²) in [6, 6.07) is 13.3. The van der Waals surface area contributed by atoms with E-state index in [1.807, 2.05) is 42.5 Å². The third-order valence-electron chi connectivity index (χ3n) is 4.23. The molecule has 1 aliphatic heterocycles. The lowest BCUT2D eigenvalue weighted by molar-refractivity contribution is -0.133. The zero-order valence-corrected chi connectivity index (χ0v) is 13.8. The van der Waals surface area contributed by atoms with Gasteiger partial charge in [0.2, 0.25) is 0 Å². The molecule has 3 rings (SSSR count). The molecule has 5 nitrogen and oxygen atoms in total. The third kappa shape index (κ3) is 3.64. The van der Waals surface area contributed by atoms with Crippen LogP contribution >= 0.6 is 0 Å². The van der Waals surface area contributed by atoms with E-state index in [1.165, 1.54) is 4.90 Å². The molecule has 1 heterocycles. The molecule has 1 atom stereocenters. The van der Waals surface area contributed by atoms with Crippen molar-refractivity contribution in [3.05, 3.63) is 42.5 Å². The molecular formula is C17H19NO4S. The minimum atomic E-state index is -3.00. The Kier molecular flexibility index (Phi) is 4.26. The maximum atomic E-state index is 12.2. The molecule has 0 N–H and O–H groups in total. The van der Waals surface area contributed by atoms with Crippen molar-refractivity contribution in [2.75, 3.05) is 25.2 Å². The number of likely N-dealkylation sites (N-methyl/N-ethyl adjacent to an activating group) is 1. The fraction of sp³-hybridized carbons (Fsp3) is 0.353. The smallest absolute Gasteiger partial charge is 0.260 e. The Balaban J connectivity index is 1.61. The monoisotopic (exact) mass is 333 g/mol. The molecule has 0 spiro atoms. The second-order valence-electron chi connectivity index (χ2n) is 5.86. The molecule has 2 aromatic carbocycles. The number of benzene rings is 2. The summed E-state index contributed by atoms with van der Waals surface area (Å²) < 4.78 is 28.6. The number of fused-ring (bicyclic) bond motifs is 1. The van der Waals surface area contributed by atoms with Gasteiger partial charge >= 0.3 is 0 Å². The zero-order valence-electron chi connectivity index (χ0n) is 12.9. The van der Waals surface area contributed by atoms with Gasteiger partial charge < -0.3 is 9.64 Å². The van der Waals surface area contributed by atoms with E-state index in [9.17, 15) is 13.2 Å². The Bertz CT molecular complexity index is 831. The predicted octanol–water partition coefficient (Wildman–Crippen LogP) is 1.86. The van der Waals surface area contributed by atoms with Crippen LogP contribution in [0.5, 0.6) is 5.75 Å². The second kappa shape index (κ2) is 6.20. The van der Waals surface area contributed by atoms with Crippen LogP contribution in [0.3, 0.4) is 0 Å². The van der Waals surface area contributed by atoms with Crippen molar-refractivity contribution < 1.29 is 17.9 Å². The minimum Gasteiger partial charge on any atom is -0.484 e. The zero-order chi connectivity index (χ0) is 16.4. The SMILES string of the molecule is CN(C(=O)COc1ccc2ccccc2c1)[C@@H]1CCS(=O)(=O)C1. The predicted molar refractivity (Wildman–Crippen MR) is 89.3 cm³/mol. The van der Waals surface area contributed by atoms with Crippen molar-refractivity contribution in [1.82, 2.24) is 4.90 Å². The van der Waals surface area contributed by atoms with E-state index in [2.05, 4.69) is 0 Å². The molecule has 6 heteroatoms. The fourth-order valence-electron chi connectivity index (χ4n) is 2.79. The normalized spacial score (nSPS) is 19.6. The number of carbonyl (C=O) groups excluding carboxylic acids is 1. The molecule has 0 aliphatic carbocycles. The lowest BCUT2D eigenvalue weighted by atomic mass is 10.1. The average molecular weight is 333 g/mol. The number of ether oxygens (including phenoxy) is 1. The minimum absolute atomic E-state index is 0.0468. The molecule has 1 fully saturated rings. The highest BCUT2D eigenvalue weighted by atomic mass is 32.2. The topological polar surface area (TPSA) is 63.7 Å². The first-order valence-electron chi connectivity index (χ1n) is 7.52. The van der Waals surface area contributed by atoms with E-state index in [1.54, 1.807) is 7.05 Å². The highest BCUT2D eigenvalue weighted by molar-refractivity contribution is 7.91. The van der Waals surface area contributed by atoms with Gasteiger partial charge in [-0.05, 0) is 29.3 Å². The van der Waals surface area contributed by atoms with Crippen LogP contribution in [0.25, 0.3) is 10.8 Å². The van der Waals surface area contributed by atoms with Crippen LogP contribution in [0.2, 0.25) is 0 Å². The summed E-state index contributed by atoms with van der Waals surface area (Å²) in [6.07, 6.45) is 0.501. The first-order valence-corrected chi connectivity index (χ1v) is 9.34. The summed E-state index contributed by atoms with van der Waals surface area (Å²) in [6.45, 7) is -0.0919. The van der Waals surface area contributed by atoms with Gasteiger partial charge in [-0.2, -0.15) is 0 Å². The van der Waals surface area contributed by atoms with Crippen molar-refractivity contribution in [3.8, 4) is 5.75 Å². The molecule has 0 radical (unpaired) electrons. The van der Waals surface area contributed by atoms with Gasteiger partial charge in [0, 0.05) is 13.1 Å². The molecule has 1 saturated heterocycles. The summed E-state index contributed by atoms with van der Waals surface area (Å²) in [5, 5.41) is 2.16. The second-order valence-corrected chi connectivity index (χ2v) is 8.09. The van der Waals surface area contributed by atoms with Gasteiger partial charge in [-0.3, -0.25) is 4.79 Å². The van der Waals surface area contributed by atoms with Gasteiger partial charge in [0.1, 0.15) is 5.75 Å². The molecule has 0 aromatic heterocycles. The van der Waals surface area contributed by atoms with Crippen molar-refractivity contribution in [2.45, 2.75) is 12.5 Å². The summed E-state index contributed by atoms with van der Waals surface area (Å²) in [5.74, 6) is 0.621. The molecule has 0 saturated carbocycles. The molecule has 0 bridgehead atoms. The van der Waals surface area contributed by atoms with Crippen LogP contribution in [0.4, 0.5) is 0 Å². The van der Waals surface area contributed by atoms with Gasteiger partial charge in [0.25, 0.3) is 5.91 Å². The number of carbonyl (C=O) groups is 1. The Morgan fingerprint density at radius 2 is 1.96 bits per heavy atom.